The molecule has 4 aromatic rings. The molecule has 0 unspecified atom stereocenters. The topological polar surface area (TPSA) is 86.9 Å². The van der Waals surface area contributed by atoms with Crippen LogP contribution < -0.4 is 0 Å². The summed E-state index contributed by atoms with van der Waals surface area (Å²) in [6, 6.07) is 10.5. The molecule has 2 N–H and O–H groups in total. The number of carbonyl (C=O) groups excluding carboxylic acids is 1. The Bertz CT molecular complexity index is 1480. The average Bonchev–Trinajstić information content (AvgIpc) is 3.60. The normalized spacial score (nSPS) is 27.5. The first kappa shape index (κ1) is 21.1. The van der Waals surface area contributed by atoms with E-state index in [1.54, 1.807) is 6.33 Å². The Labute approximate surface area is 204 Å². The van der Waals surface area contributed by atoms with E-state index in [1.807, 2.05) is 18.2 Å². The van der Waals surface area contributed by atoms with Crippen molar-refractivity contribution in [2.24, 2.45) is 5.41 Å². The van der Waals surface area contributed by atoms with Crippen LogP contribution in [-0.4, -0.2) is 49.9 Å². The predicted molar refractivity (Wildman–Crippen MR) is 134 cm³/mol. The van der Waals surface area contributed by atoms with Gasteiger partial charge in [0.25, 0.3) is 5.91 Å². The molecule has 1 amide bonds. The molecule has 0 radical (unpaired) electrons. The Balaban J connectivity index is 1.29. The lowest BCUT2D eigenvalue weighted by molar-refractivity contribution is -0.0261. The number of aromatic nitrogens is 4. The zero-order chi connectivity index (χ0) is 23.9. The van der Waals surface area contributed by atoms with Gasteiger partial charge in [0.2, 0.25) is 0 Å². The summed E-state index contributed by atoms with van der Waals surface area (Å²) in [5, 5.41) is 0. The number of fused-ring (bicyclic) bond motifs is 6. The van der Waals surface area contributed by atoms with Crippen molar-refractivity contribution >= 4 is 28.0 Å². The van der Waals surface area contributed by atoms with Crippen LogP contribution in [0.1, 0.15) is 73.4 Å². The minimum absolute atomic E-state index is 0.0352. The van der Waals surface area contributed by atoms with Crippen LogP contribution in [0.2, 0.25) is 0 Å². The van der Waals surface area contributed by atoms with Crippen molar-refractivity contribution in [1.29, 1.82) is 0 Å². The molecule has 7 heteroatoms. The number of carbonyl (C=O) groups is 1. The predicted octanol–water partition coefficient (Wildman–Crippen LogP) is 5.05. The number of likely N-dealkylation sites (tertiary alicyclic amines) is 1. The molecule has 2 saturated heterocycles. The number of hydrogen-bond acceptors (Lipinski definition) is 4. The van der Waals surface area contributed by atoms with Crippen LogP contribution in [0.5, 0.6) is 0 Å². The van der Waals surface area contributed by atoms with Gasteiger partial charge in [-0.05, 0) is 72.6 Å². The van der Waals surface area contributed by atoms with Gasteiger partial charge < -0.3 is 19.6 Å². The summed E-state index contributed by atoms with van der Waals surface area (Å²) >= 11 is 0. The first-order valence-electron chi connectivity index (χ1n) is 12.7. The SMILES string of the molecule is CC1(C)[C@H]2Cc3cc4[nH]c([C@H]5CCCO5)nc4cc3[C@]1(C)CCN2C(=O)c1ccc2nc[nH]c2c1. The van der Waals surface area contributed by atoms with Gasteiger partial charge in [0.15, 0.2) is 0 Å². The van der Waals surface area contributed by atoms with Crippen molar-refractivity contribution in [3.05, 3.63) is 59.2 Å². The summed E-state index contributed by atoms with van der Waals surface area (Å²) < 4.78 is 5.88. The Hall–Kier alpha value is -3.19. The molecular formula is C28H31N5O2. The van der Waals surface area contributed by atoms with Gasteiger partial charge in [-0.3, -0.25) is 4.79 Å². The average molecular weight is 470 g/mol. The minimum Gasteiger partial charge on any atom is -0.370 e. The van der Waals surface area contributed by atoms with Gasteiger partial charge in [0, 0.05) is 30.2 Å². The van der Waals surface area contributed by atoms with Crippen LogP contribution in [0.4, 0.5) is 0 Å². The number of piperidine rings is 1. The van der Waals surface area contributed by atoms with Gasteiger partial charge >= 0.3 is 0 Å². The summed E-state index contributed by atoms with van der Waals surface area (Å²) in [6.07, 6.45) is 5.63. The second-order valence-electron chi connectivity index (χ2n) is 11.3. The van der Waals surface area contributed by atoms with Crippen molar-refractivity contribution in [3.63, 3.8) is 0 Å². The van der Waals surface area contributed by atoms with Gasteiger partial charge in [0.1, 0.15) is 11.9 Å². The molecule has 4 heterocycles. The third kappa shape index (κ3) is 2.91. The molecule has 1 aliphatic carbocycles. The van der Waals surface area contributed by atoms with E-state index < -0.39 is 0 Å². The lowest BCUT2D eigenvalue weighted by Crippen LogP contribution is -2.64. The maximum absolute atomic E-state index is 13.8. The molecule has 2 aromatic heterocycles. The van der Waals surface area contributed by atoms with Crippen LogP contribution >= 0.6 is 0 Å². The first-order valence-corrected chi connectivity index (χ1v) is 12.7. The van der Waals surface area contributed by atoms with Gasteiger partial charge in [0.05, 0.1) is 28.4 Å². The zero-order valence-electron chi connectivity index (χ0n) is 20.5. The van der Waals surface area contributed by atoms with Crippen LogP contribution in [0.15, 0.2) is 36.7 Å². The van der Waals surface area contributed by atoms with Gasteiger partial charge in [-0.1, -0.05) is 20.8 Å². The van der Waals surface area contributed by atoms with Gasteiger partial charge in [-0.2, -0.15) is 0 Å². The zero-order valence-corrected chi connectivity index (χ0v) is 20.5. The highest BCUT2D eigenvalue weighted by Gasteiger charge is 2.57. The fourth-order valence-corrected chi connectivity index (χ4v) is 6.86. The lowest BCUT2D eigenvalue weighted by Gasteiger charge is -2.60. The number of benzene rings is 2. The van der Waals surface area contributed by atoms with Gasteiger partial charge in [-0.25, -0.2) is 9.97 Å². The third-order valence-electron chi connectivity index (χ3n) is 9.38. The van der Waals surface area contributed by atoms with Crippen molar-refractivity contribution < 1.29 is 9.53 Å². The Morgan fingerprint density at radius 2 is 2.03 bits per heavy atom. The first-order chi connectivity index (χ1) is 16.8. The summed E-state index contributed by atoms with van der Waals surface area (Å²) in [6.45, 7) is 8.62. The standard InChI is InChI=1S/C28H31N5O2/c1-27(2)24-13-17-12-21-22(32-25(31-21)23-5-4-10-35-23)14-18(17)28(27,3)8-9-33(24)26(34)16-6-7-19-20(11-16)30-15-29-19/h6-7,11-12,14-15,23-24H,4-5,8-10,13H2,1-3H3,(H,29,30)(H,31,32)/t23-,24-,28+/m1/s1. The molecule has 35 heavy (non-hydrogen) atoms. The van der Waals surface area contributed by atoms with E-state index in [2.05, 4.69) is 52.8 Å². The number of rotatable bonds is 2. The molecule has 180 valence electrons. The second-order valence-corrected chi connectivity index (χ2v) is 11.3. The van der Waals surface area contributed by atoms with Crippen molar-refractivity contribution in [2.75, 3.05) is 13.2 Å². The molecule has 0 spiro atoms. The van der Waals surface area contributed by atoms with E-state index in [9.17, 15) is 4.79 Å². The molecule has 7 rings (SSSR count). The van der Waals surface area contributed by atoms with Crippen molar-refractivity contribution in [2.45, 2.75) is 64.0 Å². The number of ether oxygens (including phenoxy) is 1. The molecule has 2 aromatic carbocycles. The van der Waals surface area contributed by atoms with E-state index in [1.165, 1.54) is 11.1 Å². The molecule has 2 aliphatic heterocycles. The minimum atomic E-state index is -0.0760. The Morgan fingerprint density at radius 1 is 1.14 bits per heavy atom. The van der Waals surface area contributed by atoms with Crippen LogP contribution in [0.3, 0.4) is 0 Å². The number of H-pyrrole nitrogens is 2. The third-order valence-corrected chi connectivity index (χ3v) is 9.38. The van der Waals surface area contributed by atoms with E-state index in [0.29, 0.717) is 0 Å². The number of nitrogens with zero attached hydrogens (tertiary/aromatic N) is 3. The Kier molecular flexibility index (Phi) is 4.32. The summed E-state index contributed by atoms with van der Waals surface area (Å²) in [5.74, 6) is 1.05. The summed E-state index contributed by atoms with van der Waals surface area (Å²) in [5.41, 5.74) is 7.20. The number of aromatic amines is 2. The number of hydrogen-bond donors (Lipinski definition) is 2. The Morgan fingerprint density at radius 3 is 2.86 bits per heavy atom. The summed E-state index contributed by atoms with van der Waals surface area (Å²) in [7, 11) is 0. The molecule has 2 fully saturated rings. The molecule has 3 atom stereocenters. The highest BCUT2D eigenvalue weighted by molar-refractivity contribution is 5.97. The number of imidazole rings is 2. The number of amides is 1. The second kappa shape index (κ2) is 7.17. The fraction of sp³-hybridized carbons (Fsp3) is 0.464. The molecule has 3 aliphatic rings. The molecule has 2 bridgehead atoms. The van der Waals surface area contributed by atoms with Crippen molar-refractivity contribution in [3.8, 4) is 0 Å². The quantitative estimate of drug-likeness (QED) is 0.430. The summed E-state index contributed by atoms with van der Waals surface area (Å²) in [4.78, 5) is 31.8. The van der Waals surface area contributed by atoms with Crippen LogP contribution in [0.25, 0.3) is 22.1 Å². The van der Waals surface area contributed by atoms with Gasteiger partial charge in [-0.15, -0.1) is 0 Å². The van der Waals surface area contributed by atoms with E-state index in [4.69, 9.17) is 9.72 Å². The largest absolute Gasteiger partial charge is 0.370 e. The molecule has 7 nitrogen and oxygen atoms in total. The smallest absolute Gasteiger partial charge is 0.254 e. The monoisotopic (exact) mass is 469 g/mol. The maximum atomic E-state index is 13.8. The highest BCUT2D eigenvalue weighted by atomic mass is 16.5. The van der Waals surface area contributed by atoms with E-state index >= 15 is 0 Å². The van der Waals surface area contributed by atoms with Crippen molar-refractivity contribution in [1.82, 2.24) is 24.8 Å². The highest BCUT2D eigenvalue weighted by Crippen LogP contribution is 2.56. The molecular weight excluding hydrogens is 438 g/mol. The van der Waals surface area contributed by atoms with Crippen LogP contribution in [-0.2, 0) is 16.6 Å². The maximum Gasteiger partial charge on any atom is 0.254 e. The van der Waals surface area contributed by atoms with E-state index in [-0.39, 0.29) is 28.9 Å². The van der Waals surface area contributed by atoms with E-state index in [0.717, 1.165) is 72.3 Å². The molecule has 0 saturated carbocycles. The lowest BCUT2D eigenvalue weighted by atomic mass is 9.51. The van der Waals surface area contributed by atoms with Crippen LogP contribution in [0, 0.1) is 5.41 Å². The fourth-order valence-electron chi connectivity index (χ4n) is 6.86. The number of nitrogens with one attached hydrogen (secondary N) is 2.